The van der Waals surface area contributed by atoms with E-state index >= 15 is 0 Å². The number of halogens is 1. The topological polar surface area (TPSA) is 207 Å². The van der Waals surface area contributed by atoms with E-state index in [1.807, 2.05) is 0 Å². The molecule has 4 heterocycles. The molecular formula is C32H39BrN12O5. The molecule has 4 rings (SSSR count). The van der Waals surface area contributed by atoms with Crippen molar-refractivity contribution in [2.45, 2.75) is 0 Å². The summed E-state index contributed by atoms with van der Waals surface area (Å²) in [5.41, 5.74) is 8.41. The van der Waals surface area contributed by atoms with Crippen LogP contribution in [0.1, 0.15) is 42.0 Å². The maximum atomic E-state index is 13.2. The molecule has 4 aromatic heterocycles. The van der Waals surface area contributed by atoms with Crippen molar-refractivity contribution in [1.29, 1.82) is 0 Å². The Labute approximate surface area is 296 Å². The molecule has 0 unspecified atom stereocenters. The van der Waals surface area contributed by atoms with E-state index < -0.39 is 23.6 Å². The second-order valence-corrected chi connectivity index (χ2v) is 12.5. The lowest BCUT2D eigenvalue weighted by molar-refractivity contribution is -0.112. The van der Waals surface area contributed by atoms with Crippen molar-refractivity contribution in [3.8, 4) is 0 Å². The van der Waals surface area contributed by atoms with Gasteiger partial charge < -0.3 is 55.5 Å². The van der Waals surface area contributed by atoms with Crippen LogP contribution < -0.4 is 32.3 Å². The molecule has 7 N–H and O–H groups in total. The maximum Gasteiger partial charge on any atom is 0.272 e. The largest absolute Gasteiger partial charge is 0.370 e. The van der Waals surface area contributed by atoms with Crippen LogP contribution in [0.2, 0.25) is 0 Å². The third-order valence-corrected chi connectivity index (χ3v) is 7.72. The zero-order chi connectivity index (χ0) is 36.9. The van der Waals surface area contributed by atoms with Crippen LogP contribution >= 0.6 is 15.9 Å². The van der Waals surface area contributed by atoms with Gasteiger partial charge in [-0.1, -0.05) is 6.58 Å². The van der Waals surface area contributed by atoms with E-state index in [1.54, 1.807) is 96.3 Å². The predicted molar refractivity (Wildman–Crippen MR) is 195 cm³/mol. The van der Waals surface area contributed by atoms with Crippen LogP contribution in [-0.4, -0.2) is 85.8 Å². The molecule has 17 nitrogen and oxygen atoms in total. The summed E-state index contributed by atoms with van der Waals surface area (Å²) in [6.07, 6.45) is 6.37. The number of amides is 5. The van der Waals surface area contributed by atoms with E-state index in [1.165, 1.54) is 18.2 Å². The molecule has 5 amide bonds. The summed E-state index contributed by atoms with van der Waals surface area (Å²) in [4.78, 5) is 69.7. The molecule has 0 aromatic carbocycles. The number of aryl methyl sites for hydroxylation is 4. The lowest BCUT2D eigenvalue weighted by atomic mass is 10.3. The Bertz CT molecular complexity index is 2010. The van der Waals surface area contributed by atoms with E-state index in [-0.39, 0.29) is 34.0 Å². The second kappa shape index (κ2) is 15.5. The Hall–Kier alpha value is -6.04. The molecule has 50 heavy (non-hydrogen) atoms. The molecule has 0 aliphatic heterocycles. The van der Waals surface area contributed by atoms with E-state index in [0.717, 1.165) is 0 Å². The summed E-state index contributed by atoms with van der Waals surface area (Å²) in [6, 6.07) is 6.10. The number of hydrogen-bond acceptors (Lipinski definition) is 6. The molecule has 0 radical (unpaired) electrons. The van der Waals surface area contributed by atoms with Gasteiger partial charge in [0, 0.05) is 73.6 Å². The molecule has 0 atom stereocenters. The van der Waals surface area contributed by atoms with E-state index in [2.05, 4.69) is 54.1 Å². The van der Waals surface area contributed by atoms with Crippen molar-refractivity contribution in [2.75, 3.05) is 48.5 Å². The SMILES string of the molecule is C=C(Br)C(=O)Nc1cc(C(=O)Nc2cc(C(=O)Nc3cc(C(=O)Nc4cc(C(=O)NCCN=C(N)N(C)C)n(C)c4)n(C)c3)n(C)c2)n(C)c1. The molecule has 0 aliphatic rings. The van der Waals surface area contributed by atoms with Crippen molar-refractivity contribution < 1.29 is 24.0 Å². The zero-order valence-electron chi connectivity index (χ0n) is 28.4. The number of aromatic nitrogens is 4. The van der Waals surface area contributed by atoms with Crippen LogP contribution in [-0.2, 0) is 33.0 Å². The van der Waals surface area contributed by atoms with Crippen molar-refractivity contribution in [3.05, 3.63) is 82.9 Å². The first-order valence-electron chi connectivity index (χ1n) is 15.0. The van der Waals surface area contributed by atoms with E-state index in [4.69, 9.17) is 5.73 Å². The number of nitrogens with two attached hydrogens (primary N) is 1. The monoisotopic (exact) mass is 750 g/mol. The van der Waals surface area contributed by atoms with Gasteiger partial charge in [0.2, 0.25) is 0 Å². The van der Waals surface area contributed by atoms with Crippen molar-refractivity contribution in [3.63, 3.8) is 0 Å². The van der Waals surface area contributed by atoms with Crippen LogP contribution in [0.4, 0.5) is 22.7 Å². The molecule has 0 fully saturated rings. The highest BCUT2D eigenvalue weighted by molar-refractivity contribution is 9.12. The third kappa shape index (κ3) is 8.90. The fraction of sp³-hybridized carbons (Fsp3) is 0.250. The number of rotatable bonds is 12. The number of anilines is 4. The quantitative estimate of drug-likeness (QED) is 0.0551. The molecule has 0 spiro atoms. The normalized spacial score (nSPS) is 11.1. The van der Waals surface area contributed by atoms with Crippen molar-refractivity contribution in [2.24, 2.45) is 38.9 Å². The Balaban J connectivity index is 1.36. The smallest absolute Gasteiger partial charge is 0.272 e. The summed E-state index contributed by atoms with van der Waals surface area (Å²) in [5.74, 6) is -1.81. The maximum absolute atomic E-state index is 13.2. The van der Waals surface area contributed by atoms with Crippen LogP contribution in [0.25, 0.3) is 0 Å². The van der Waals surface area contributed by atoms with E-state index in [9.17, 15) is 24.0 Å². The highest BCUT2D eigenvalue weighted by atomic mass is 79.9. The molecular weight excluding hydrogens is 712 g/mol. The number of carbonyl (C=O) groups excluding carboxylic acids is 5. The molecule has 4 aromatic rings. The van der Waals surface area contributed by atoms with Crippen LogP contribution in [0.15, 0.2) is 65.1 Å². The van der Waals surface area contributed by atoms with Crippen molar-refractivity contribution in [1.82, 2.24) is 28.5 Å². The minimum Gasteiger partial charge on any atom is -0.370 e. The van der Waals surface area contributed by atoms with Gasteiger partial charge in [0.1, 0.15) is 22.8 Å². The number of aliphatic imine (C=N–C) groups is 1. The lowest BCUT2D eigenvalue weighted by Crippen LogP contribution is -2.32. The number of nitrogens with zero attached hydrogens (tertiary/aromatic N) is 6. The minimum absolute atomic E-state index is 0.145. The van der Waals surface area contributed by atoms with Gasteiger partial charge in [0.15, 0.2) is 5.96 Å². The number of carbonyl (C=O) groups is 5. The van der Waals surface area contributed by atoms with Gasteiger partial charge in [0.25, 0.3) is 29.5 Å². The highest BCUT2D eigenvalue weighted by Gasteiger charge is 2.20. The van der Waals surface area contributed by atoms with Gasteiger partial charge in [-0.2, -0.15) is 0 Å². The fourth-order valence-electron chi connectivity index (χ4n) is 4.79. The van der Waals surface area contributed by atoms with Gasteiger partial charge in [-0.05, 0) is 40.2 Å². The van der Waals surface area contributed by atoms with Gasteiger partial charge >= 0.3 is 0 Å². The zero-order valence-corrected chi connectivity index (χ0v) is 30.0. The Morgan fingerprint density at radius 1 is 0.680 bits per heavy atom. The summed E-state index contributed by atoms with van der Waals surface area (Å²) in [7, 11) is 10.2. The van der Waals surface area contributed by atoms with E-state index in [0.29, 0.717) is 40.9 Å². The van der Waals surface area contributed by atoms with Gasteiger partial charge in [0.05, 0.1) is 33.8 Å². The average Bonchev–Trinajstić information content (AvgIpc) is 3.80. The van der Waals surface area contributed by atoms with Crippen LogP contribution in [0.5, 0.6) is 0 Å². The summed E-state index contributed by atoms with van der Waals surface area (Å²) >= 11 is 3.02. The second-order valence-electron chi connectivity index (χ2n) is 11.5. The Kier molecular flexibility index (Phi) is 11.4. The number of guanidine groups is 1. The number of hydrogen-bond donors (Lipinski definition) is 6. The summed E-state index contributed by atoms with van der Waals surface area (Å²) in [6.45, 7) is 4.11. The average molecular weight is 752 g/mol. The standard InChI is InChI=1S/C32H39BrN12O5/c1-18(33)27(46)37-19-11-24(43(5)14-19)29(48)39-21-13-26(45(7)16-21)31(50)40-22-12-25(44(6)17-22)30(49)38-20-10-23(42(4)15-20)28(47)35-8-9-36-32(34)41(2)3/h10-17H,1,8-9H2,2-7H3,(H2,34,36)(H,35,47)(H,37,46)(H,38,49)(H,39,48)(H,40,50). The lowest BCUT2D eigenvalue weighted by Gasteiger charge is -2.10. The van der Waals surface area contributed by atoms with Gasteiger partial charge in [-0.25, -0.2) is 0 Å². The minimum atomic E-state index is -0.474. The molecule has 0 saturated carbocycles. The van der Waals surface area contributed by atoms with Gasteiger partial charge in [-0.15, -0.1) is 0 Å². The third-order valence-electron chi connectivity index (χ3n) is 7.36. The molecule has 0 bridgehead atoms. The Morgan fingerprint density at radius 2 is 1.02 bits per heavy atom. The highest BCUT2D eigenvalue weighted by Crippen LogP contribution is 2.21. The summed E-state index contributed by atoms with van der Waals surface area (Å²) < 4.78 is 6.40. The Morgan fingerprint density at radius 3 is 1.36 bits per heavy atom. The molecule has 18 heteroatoms. The first-order valence-corrected chi connectivity index (χ1v) is 15.8. The predicted octanol–water partition coefficient (Wildman–Crippen LogP) is 2.25. The molecule has 0 aliphatic carbocycles. The molecule has 264 valence electrons. The first kappa shape index (κ1) is 36.8. The molecule has 0 saturated heterocycles. The van der Waals surface area contributed by atoms with Gasteiger partial charge in [-0.3, -0.25) is 29.0 Å². The number of nitrogens with one attached hydrogen (secondary N) is 5. The van der Waals surface area contributed by atoms with Crippen LogP contribution in [0, 0.1) is 0 Å². The summed E-state index contributed by atoms with van der Waals surface area (Å²) in [5, 5.41) is 13.7. The first-order chi connectivity index (χ1) is 23.5. The van der Waals surface area contributed by atoms with Crippen LogP contribution in [0.3, 0.4) is 0 Å². The van der Waals surface area contributed by atoms with Crippen molar-refractivity contribution >= 4 is 74.2 Å². The fourth-order valence-corrected chi connectivity index (χ4v) is 4.89.